The number of carboxylic acid groups (broad SMARTS) is 1. The molecule has 2 aromatic carbocycles. The van der Waals surface area contributed by atoms with Gasteiger partial charge >= 0.3 is 18.0 Å². The first-order valence-electron chi connectivity index (χ1n) is 13.5. The Labute approximate surface area is 249 Å². The maximum absolute atomic E-state index is 13.2. The molecule has 0 unspecified atom stereocenters. The summed E-state index contributed by atoms with van der Waals surface area (Å²) in [5.41, 5.74) is 1.02. The van der Waals surface area contributed by atoms with Crippen LogP contribution in [0, 0.1) is 0 Å². The van der Waals surface area contributed by atoms with Crippen molar-refractivity contribution >= 4 is 35.8 Å². The third-order valence-corrected chi connectivity index (χ3v) is 5.77. The van der Waals surface area contributed by atoms with E-state index in [1.54, 1.807) is 86.7 Å². The third-order valence-electron chi connectivity index (χ3n) is 5.77. The summed E-state index contributed by atoms with van der Waals surface area (Å²) in [5, 5.41) is 19.1. The van der Waals surface area contributed by atoms with Crippen LogP contribution in [0.1, 0.15) is 43.9 Å². The van der Waals surface area contributed by atoms with Crippen LogP contribution in [0.4, 0.5) is 4.79 Å². The highest BCUT2D eigenvalue weighted by Gasteiger charge is 2.30. The molecule has 2 aromatic rings. The van der Waals surface area contributed by atoms with E-state index in [1.807, 2.05) is 0 Å². The average Bonchev–Trinajstić information content (AvgIpc) is 2.98. The Morgan fingerprint density at radius 2 is 1.49 bits per heavy atom. The van der Waals surface area contributed by atoms with Crippen LogP contribution in [0.25, 0.3) is 0 Å². The molecule has 0 aliphatic rings. The van der Waals surface area contributed by atoms with Gasteiger partial charge in [0.15, 0.2) is 0 Å². The van der Waals surface area contributed by atoms with E-state index in [2.05, 4.69) is 21.3 Å². The number of carboxylic acids is 1. The summed E-state index contributed by atoms with van der Waals surface area (Å²) >= 11 is 0. The van der Waals surface area contributed by atoms with Gasteiger partial charge < -0.3 is 35.8 Å². The lowest BCUT2D eigenvalue weighted by atomic mass is 10.0. The molecule has 3 atom stereocenters. The van der Waals surface area contributed by atoms with Gasteiger partial charge in [0.1, 0.15) is 18.7 Å². The number of carbonyl (C=O) groups excluding carboxylic acids is 5. The molecule has 0 heterocycles. The molecule has 0 saturated carbocycles. The van der Waals surface area contributed by atoms with Crippen molar-refractivity contribution in [2.45, 2.75) is 51.4 Å². The Morgan fingerprint density at radius 1 is 0.837 bits per heavy atom. The molecule has 13 nitrogen and oxygen atoms in total. The first-order valence-corrected chi connectivity index (χ1v) is 13.5. The number of allylic oxidation sites excluding steroid dienone is 1. The maximum atomic E-state index is 13.2. The second-order valence-electron chi connectivity index (χ2n) is 9.14. The fourth-order valence-electron chi connectivity index (χ4n) is 3.81. The van der Waals surface area contributed by atoms with Crippen LogP contribution in [0.5, 0.6) is 0 Å². The second kappa shape index (κ2) is 18.3. The van der Waals surface area contributed by atoms with Gasteiger partial charge in [-0.2, -0.15) is 0 Å². The summed E-state index contributed by atoms with van der Waals surface area (Å²) in [6, 6.07) is 13.2. The standard InChI is InChI=1S/C30H36N4O9/c1-3-11-22(16-26(38)42-4-2)32-24(35)18-31-29(40)27(21-14-9-6-10-15-21)34-28(39)23(17-25(36)37)33-30(41)43-19-20-12-7-5-8-13-20/h3,5-15,22-23,27H,4,16-19H2,1-2H3,(H,31,40)(H,32,35)(H,33,41)(H,34,39)(H,36,37)/b11-3+/t22-,23+,27+/m1/s1. The van der Waals surface area contributed by atoms with Crippen molar-refractivity contribution in [3.8, 4) is 0 Å². The molecule has 230 valence electrons. The largest absolute Gasteiger partial charge is 0.481 e. The zero-order valence-corrected chi connectivity index (χ0v) is 23.9. The Morgan fingerprint density at radius 3 is 2.09 bits per heavy atom. The van der Waals surface area contributed by atoms with Crippen LogP contribution in [-0.2, 0) is 40.1 Å². The van der Waals surface area contributed by atoms with Crippen molar-refractivity contribution in [1.29, 1.82) is 0 Å². The summed E-state index contributed by atoms with van der Waals surface area (Å²) in [6.07, 6.45) is 1.34. The zero-order chi connectivity index (χ0) is 31.6. The number of ether oxygens (including phenoxy) is 2. The fraction of sp³-hybridized carbons (Fsp3) is 0.333. The van der Waals surface area contributed by atoms with E-state index in [4.69, 9.17) is 9.47 Å². The van der Waals surface area contributed by atoms with E-state index in [1.165, 1.54) is 0 Å². The molecular formula is C30H36N4O9. The fourth-order valence-corrected chi connectivity index (χ4v) is 3.81. The molecule has 0 fully saturated rings. The van der Waals surface area contributed by atoms with Gasteiger partial charge in [-0.3, -0.25) is 24.0 Å². The van der Waals surface area contributed by atoms with Crippen LogP contribution in [0.15, 0.2) is 72.8 Å². The van der Waals surface area contributed by atoms with E-state index in [9.17, 15) is 33.9 Å². The molecule has 0 aliphatic heterocycles. The van der Waals surface area contributed by atoms with Gasteiger partial charge in [-0.25, -0.2) is 4.79 Å². The summed E-state index contributed by atoms with van der Waals surface area (Å²) in [6.45, 7) is 2.97. The number of aliphatic carboxylic acids is 1. The summed E-state index contributed by atoms with van der Waals surface area (Å²) in [4.78, 5) is 74.5. The highest BCUT2D eigenvalue weighted by atomic mass is 16.5. The number of hydrogen-bond acceptors (Lipinski definition) is 8. The summed E-state index contributed by atoms with van der Waals surface area (Å²) in [5.74, 6) is -4.22. The minimum atomic E-state index is -1.58. The van der Waals surface area contributed by atoms with Crippen molar-refractivity contribution in [2.75, 3.05) is 13.2 Å². The number of carbonyl (C=O) groups is 6. The van der Waals surface area contributed by atoms with Crippen LogP contribution in [0.3, 0.4) is 0 Å². The molecule has 5 N–H and O–H groups in total. The highest BCUT2D eigenvalue weighted by Crippen LogP contribution is 2.14. The van der Waals surface area contributed by atoms with Gasteiger partial charge in [-0.15, -0.1) is 0 Å². The number of nitrogens with one attached hydrogen (secondary N) is 4. The van der Waals surface area contributed by atoms with Gasteiger partial charge in [0, 0.05) is 0 Å². The van der Waals surface area contributed by atoms with E-state index < -0.39 is 66.8 Å². The van der Waals surface area contributed by atoms with Crippen molar-refractivity contribution in [3.05, 3.63) is 83.9 Å². The van der Waals surface area contributed by atoms with Crippen LogP contribution >= 0.6 is 0 Å². The number of rotatable bonds is 16. The second-order valence-corrected chi connectivity index (χ2v) is 9.14. The van der Waals surface area contributed by atoms with E-state index in [0.29, 0.717) is 11.1 Å². The molecule has 0 aromatic heterocycles. The Hall–Kier alpha value is -5.20. The first kappa shape index (κ1) is 34.0. The van der Waals surface area contributed by atoms with Gasteiger partial charge in [-0.1, -0.05) is 72.8 Å². The molecule has 2 rings (SSSR count). The Kier molecular flexibility index (Phi) is 14.5. The number of alkyl carbamates (subject to hydrolysis) is 1. The number of amides is 4. The molecule has 0 bridgehead atoms. The van der Waals surface area contributed by atoms with Crippen LogP contribution in [0.2, 0.25) is 0 Å². The smallest absolute Gasteiger partial charge is 0.408 e. The maximum Gasteiger partial charge on any atom is 0.408 e. The molecular weight excluding hydrogens is 560 g/mol. The van der Waals surface area contributed by atoms with Crippen LogP contribution < -0.4 is 21.3 Å². The van der Waals surface area contributed by atoms with Crippen molar-refractivity contribution in [1.82, 2.24) is 21.3 Å². The van der Waals surface area contributed by atoms with Gasteiger partial charge in [-0.05, 0) is 25.0 Å². The predicted octanol–water partition coefficient (Wildman–Crippen LogP) is 1.74. The molecule has 4 amide bonds. The molecule has 0 aliphatic carbocycles. The predicted molar refractivity (Wildman–Crippen MR) is 154 cm³/mol. The SMILES string of the molecule is C/C=C/[C@H](CC(=O)OCC)NC(=O)CNC(=O)[C@@H](NC(=O)[C@H](CC(=O)O)NC(=O)OCc1ccccc1)c1ccccc1. The minimum Gasteiger partial charge on any atom is -0.481 e. The minimum absolute atomic E-state index is 0.105. The van der Waals surface area contributed by atoms with Gasteiger partial charge in [0.2, 0.25) is 17.7 Å². The lowest BCUT2D eigenvalue weighted by Crippen LogP contribution is -2.52. The molecule has 43 heavy (non-hydrogen) atoms. The van der Waals surface area contributed by atoms with Crippen molar-refractivity contribution in [3.63, 3.8) is 0 Å². The molecule has 0 radical (unpaired) electrons. The highest BCUT2D eigenvalue weighted by molar-refractivity contribution is 5.95. The first-order chi connectivity index (χ1) is 20.6. The average molecular weight is 597 g/mol. The van der Waals surface area contributed by atoms with Crippen LogP contribution in [-0.4, -0.2) is 66.1 Å². The van der Waals surface area contributed by atoms with E-state index in [-0.39, 0.29) is 19.6 Å². The Balaban J connectivity index is 2.08. The number of benzene rings is 2. The molecule has 13 heteroatoms. The van der Waals surface area contributed by atoms with Gasteiger partial charge in [0.05, 0.1) is 32.0 Å². The lowest BCUT2D eigenvalue weighted by molar-refractivity contribution is -0.143. The summed E-state index contributed by atoms with van der Waals surface area (Å²) in [7, 11) is 0. The van der Waals surface area contributed by atoms with E-state index >= 15 is 0 Å². The lowest BCUT2D eigenvalue weighted by Gasteiger charge is -2.23. The topological polar surface area (TPSA) is 189 Å². The zero-order valence-electron chi connectivity index (χ0n) is 23.9. The van der Waals surface area contributed by atoms with Crippen molar-refractivity contribution < 1.29 is 43.3 Å². The third kappa shape index (κ3) is 12.9. The number of hydrogen-bond donors (Lipinski definition) is 5. The summed E-state index contributed by atoms with van der Waals surface area (Å²) < 4.78 is 10.0. The normalized spacial score (nSPS) is 12.7. The van der Waals surface area contributed by atoms with Gasteiger partial charge in [0.25, 0.3) is 0 Å². The van der Waals surface area contributed by atoms with Crippen molar-refractivity contribution in [2.24, 2.45) is 0 Å². The monoisotopic (exact) mass is 596 g/mol. The Bertz CT molecular complexity index is 1270. The molecule has 0 saturated heterocycles. The van der Waals surface area contributed by atoms with E-state index in [0.717, 1.165) is 0 Å². The number of esters is 1. The quantitative estimate of drug-likeness (QED) is 0.142. The molecule has 0 spiro atoms.